The maximum absolute atomic E-state index is 10.6. The molecule has 0 aromatic heterocycles. The summed E-state index contributed by atoms with van der Waals surface area (Å²) in [5.41, 5.74) is 1.48. The van der Waals surface area contributed by atoms with E-state index in [1.165, 1.54) is 11.9 Å². The van der Waals surface area contributed by atoms with Crippen LogP contribution in [-0.4, -0.2) is 19.3 Å². The van der Waals surface area contributed by atoms with Gasteiger partial charge in [-0.3, -0.25) is 4.79 Å². The SMILES string of the molecule is COCSNc1ccccc1C=O. The number of nitrogens with one attached hydrogen (secondary N) is 1. The summed E-state index contributed by atoms with van der Waals surface area (Å²) in [6, 6.07) is 7.33. The van der Waals surface area contributed by atoms with Gasteiger partial charge in [-0.05, 0) is 24.1 Å². The van der Waals surface area contributed by atoms with Crippen LogP contribution in [0.4, 0.5) is 5.69 Å². The number of benzene rings is 1. The first-order valence-corrected chi connectivity index (χ1v) is 4.78. The van der Waals surface area contributed by atoms with E-state index < -0.39 is 0 Å². The number of methoxy groups -OCH3 is 1. The summed E-state index contributed by atoms with van der Waals surface area (Å²) in [4.78, 5) is 10.6. The van der Waals surface area contributed by atoms with E-state index in [4.69, 9.17) is 4.74 Å². The number of aldehydes is 1. The molecule has 0 fully saturated rings. The van der Waals surface area contributed by atoms with Crippen molar-refractivity contribution in [2.45, 2.75) is 0 Å². The first-order chi connectivity index (χ1) is 6.38. The van der Waals surface area contributed by atoms with Gasteiger partial charge in [0.05, 0.1) is 5.69 Å². The van der Waals surface area contributed by atoms with Gasteiger partial charge < -0.3 is 9.46 Å². The van der Waals surface area contributed by atoms with Crippen LogP contribution in [0.2, 0.25) is 0 Å². The molecule has 1 rings (SSSR count). The van der Waals surface area contributed by atoms with Crippen LogP contribution >= 0.6 is 11.9 Å². The Hall–Kier alpha value is -1.00. The highest BCUT2D eigenvalue weighted by Crippen LogP contribution is 2.16. The minimum absolute atomic E-state index is 0.549. The Morgan fingerprint density at radius 2 is 2.31 bits per heavy atom. The summed E-state index contributed by atoms with van der Waals surface area (Å²) in [6.45, 7) is 0. The van der Waals surface area contributed by atoms with E-state index in [0.717, 1.165) is 12.0 Å². The summed E-state index contributed by atoms with van der Waals surface area (Å²) in [7, 11) is 1.63. The minimum atomic E-state index is 0.549. The zero-order chi connectivity index (χ0) is 9.52. The van der Waals surface area contributed by atoms with Gasteiger partial charge in [0.25, 0.3) is 0 Å². The van der Waals surface area contributed by atoms with Gasteiger partial charge >= 0.3 is 0 Å². The highest BCUT2D eigenvalue weighted by molar-refractivity contribution is 8.00. The van der Waals surface area contributed by atoms with Crippen LogP contribution in [0.25, 0.3) is 0 Å². The zero-order valence-electron chi connectivity index (χ0n) is 7.32. The van der Waals surface area contributed by atoms with Crippen molar-refractivity contribution in [1.82, 2.24) is 0 Å². The molecule has 0 atom stereocenters. The number of carbonyl (C=O) groups is 1. The smallest absolute Gasteiger partial charge is 0.152 e. The molecule has 0 bridgehead atoms. The number of hydrogen-bond acceptors (Lipinski definition) is 4. The van der Waals surface area contributed by atoms with Gasteiger partial charge in [-0.1, -0.05) is 12.1 Å². The maximum atomic E-state index is 10.6. The zero-order valence-corrected chi connectivity index (χ0v) is 8.14. The quantitative estimate of drug-likeness (QED) is 0.340. The number of hydrogen-bond donors (Lipinski definition) is 1. The topological polar surface area (TPSA) is 38.3 Å². The van der Waals surface area contributed by atoms with Crippen molar-refractivity contribution in [3.05, 3.63) is 29.8 Å². The van der Waals surface area contributed by atoms with Crippen LogP contribution in [0.1, 0.15) is 10.4 Å². The second-order valence-electron chi connectivity index (χ2n) is 2.36. The fourth-order valence-electron chi connectivity index (χ4n) is 0.859. The Balaban J connectivity index is 2.59. The lowest BCUT2D eigenvalue weighted by molar-refractivity contribution is 0.112. The van der Waals surface area contributed by atoms with Crippen LogP contribution in [0.5, 0.6) is 0 Å². The molecule has 3 nitrogen and oxygen atoms in total. The lowest BCUT2D eigenvalue weighted by Crippen LogP contribution is -1.94. The highest BCUT2D eigenvalue weighted by atomic mass is 32.2. The van der Waals surface area contributed by atoms with E-state index in [2.05, 4.69) is 4.72 Å². The number of para-hydroxylation sites is 1. The van der Waals surface area contributed by atoms with Crippen LogP contribution in [0, 0.1) is 0 Å². The monoisotopic (exact) mass is 197 g/mol. The molecule has 0 aliphatic rings. The molecular formula is C9H11NO2S. The third kappa shape index (κ3) is 3.08. The molecule has 0 amide bonds. The van der Waals surface area contributed by atoms with Gasteiger partial charge in [0.1, 0.15) is 5.94 Å². The van der Waals surface area contributed by atoms with Crippen molar-refractivity contribution in [3.63, 3.8) is 0 Å². The molecule has 1 aromatic rings. The van der Waals surface area contributed by atoms with Crippen LogP contribution in [-0.2, 0) is 4.74 Å². The standard InChI is InChI=1S/C9H11NO2S/c1-12-7-13-10-9-5-3-2-4-8(9)6-11/h2-6,10H,7H2,1H3. The molecule has 4 heteroatoms. The minimum Gasteiger partial charge on any atom is -0.372 e. The molecule has 0 spiro atoms. The second-order valence-corrected chi connectivity index (χ2v) is 3.09. The van der Waals surface area contributed by atoms with E-state index in [1.54, 1.807) is 13.2 Å². The maximum Gasteiger partial charge on any atom is 0.152 e. The van der Waals surface area contributed by atoms with Gasteiger partial charge in [-0.2, -0.15) is 0 Å². The molecular weight excluding hydrogens is 186 g/mol. The van der Waals surface area contributed by atoms with Gasteiger partial charge in [-0.25, -0.2) is 0 Å². The molecule has 0 unspecified atom stereocenters. The largest absolute Gasteiger partial charge is 0.372 e. The number of anilines is 1. The molecule has 0 saturated heterocycles. The van der Waals surface area contributed by atoms with E-state index in [-0.39, 0.29) is 0 Å². The number of rotatable bonds is 5. The second kappa shape index (κ2) is 5.61. The first kappa shape index (κ1) is 10.1. The lowest BCUT2D eigenvalue weighted by atomic mass is 10.2. The third-order valence-corrected chi connectivity index (χ3v) is 2.16. The van der Waals surface area contributed by atoms with Crippen molar-refractivity contribution < 1.29 is 9.53 Å². The molecule has 0 aliphatic heterocycles. The fraction of sp³-hybridized carbons (Fsp3) is 0.222. The summed E-state index contributed by atoms with van der Waals surface area (Å²) in [6.07, 6.45) is 0.829. The predicted octanol–water partition coefficient (Wildman–Crippen LogP) is 2.16. The van der Waals surface area contributed by atoms with Crippen LogP contribution < -0.4 is 4.72 Å². The average molecular weight is 197 g/mol. The summed E-state index contributed by atoms with van der Waals surface area (Å²) >= 11 is 1.40. The van der Waals surface area contributed by atoms with E-state index >= 15 is 0 Å². The van der Waals surface area contributed by atoms with E-state index in [1.807, 2.05) is 18.2 Å². The van der Waals surface area contributed by atoms with Gasteiger partial charge in [-0.15, -0.1) is 0 Å². The summed E-state index contributed by atoms with van der Waals surface area (Å²) < 4.78 is 7.87. The molecule has 0 heterocycles. The molecule has 13 heavy (non-hydrogen) atoms. The number of ether oxygens (including phenoxy) is 1. The Morgan fingerprint density at radius 3 is 3.00 bits per heavy atom. The van der Waals surface area contributed by atoms with Crippen molar-refractivity contribution in [2.75, 3.05) is 17.8 Å². The molecule has 0 aliphatic carbocycles. The fourth-order valence-corrected chi connectivity index (χ4v) is 1.38. The average Bonchev–Trinajstić information content (AvgIpc) is 2.19. The predicted molar refractivity (Wildman–Crippen MR) is 54.9 cm³/mol. The molecule has 0 saturated carbocycles. The van der Waals surface area contributed by atoms with Gasteiger partial charge in [0.15, 0.2) is 6.29 Å². The lowest BCUT2D eigenvalue weighted by Gasteiger charge is -2.05. The molecule has 1 aromatic carbocycles. The molecule has 0 radical (unpaired) electrons. The van der Waals surface area contributed by atoms with Gasteiger partial charge in [0, 0.05) is 12.7 Å². The highest BCUT2D eigenvalue weighted by Gasteiger charge is 1.98. The molecule has 70 valence electrons. The van der Waals surface area contributed by atoms with Crippen molar-refractivity contribution in [2.24, 2.45) is 0 Å². The van der Waals surface area contributed by atoms with Crippen molar-refractivity contribution in [3.8, 4) is 0 Å². The Kier molecular flexibility index (Phi) is 4.35. The van der Waals surface area contributed by atoms with Crippen LogP contribution in [0.3, 0.4) is 0 Å². The Morgan fingerprint density at radius 1 is 1.54 bits per heavy atom. The summed E-state index contributed by atoms with van der Waals surface area (Å²) in [5, 5.41) is 0. The summed E-state index contributed by atoms with van der Waals surface area (Å²) in [5.74, 6) is 0.549. The number of carbonyl (C=O) groups excluding carboxylic acids is 1. The van der Waals surface area contributed by atoms with Crippen molar-refractivity contribution in [1.29, 1.82) is 0 Å². The van der Waals surface area contributed by atoms with E-state index in [0.29, 0.717) is 11.5 Å². The first-order valence-electron chi connectivity index (χ1n) is 3.79. The molecule has 1 N–H and O–H groups in total. The van der Waals surface area contributed by atoms with Crippen molar-refractivity contribution >= 4 is 23.9 Å². The Labute approximate surface area is 81.6 Å². The van der Waals surface area contributed by atoms with E-state index in [9.17, 15) is 4.79 Å². The third-order valence-electron chi connectivity index (χ3n) is 1.45. The van der Waals surface area contributed by atoms with Crippen LogP contribution in [0.15, 0.2) is 24.3 Å². The normalized spacial score (nSPS) is 9.62. The Bertz CT molecular complexity index is 278. The van der Waals surface area contributed by atoms with Gasteiger partial charge in [0.2, 0.25) is 0 Å².